The van der Waals surface area contributed by atoms with Crippen LogP contribution in [0.3, 0.4) is 0 Å². The summed E-state index contributed by atoms with van der Waals surface area (Å²) in [5.41, 5.74) is 4.00. The van der Waals surface area contributed by atoms with Crippen molar-refractivity contribution in [2.45, 2.75) is 40.0 Å². The number of aromatic nitrogens is 2. The standard InChI is InChI=1S/C20H19ClN2.C2H6/c1-3-14(2)18-17(15-10-6-4-7-11-15)19(21)23-20(22-18)16-12-8-5-9-13-16;1-2/h4-14H,3H2,1-2H3;1-2H3. The number of hydrogen-bond acceptors (Lipinski definition) is 2. The summed E-state index contributed by atoms with van der Waals surface area (Å²) in [4.78, 5) is 9.41. The van der Waals surface area contributed by atoms with Gasteiger partial charge in [0.2, 0.25) is 0 Å². The molecule has 0 N–H and O–H groups in total. The second kappa shape index (κ2) is 9.33. The van der Waals surface area contributed by atoms with Gasteiger partial charge in [-0.2, -0.15) is 0 Å². The van der Waals surface area contributed by atoms with Crippen molar-refractivity contribution in [1.29, 1.82) is 0 Å². The van der Waals surface area contributed by atoms with Gasteiger partial charge in [0.15, 0.2) is 5.82 Å². The van der Waals surface area contributed by atoms with Crippen LogP contribution in [0, 0.1) is 0 Å². The Hall–Kier alpha value is -2.19. The molecule has 0 radical (unpaired) electrons. The van der Waals surface area contributed by atoms with E-state index in [9.17, 15) is 0 Å². The van der Waals surface area contributed by atoms with Crippen molar-refractivity contribution < 1.29 is 0 Å². The number of halogens is 1. The first kappa shape index (κ1) is 19.1. The van der Waals surface area contributed by atoms with Gasteiger partial charge in [-0.25, -0.2) is 9.97 Å². The van der Waals surface area contributed by atoms with E-state index in [-0.39, 0.29) is 0 Å². The Kier molecular flexibility index (Phi) is 7.15. The molecular weight excluding hydrogens is 328 g/mol. The average Bonchev–Trinajstić information content (AvgIpc) is 2.69. The van der Waals surface area contributed by atoms with Crippen molar-refractivity contribution in [3.63, 3.8) is 0 Å². The van der Waals surface area contributed by atoms with Crippen LogP contribution in [-0.2, 0) is 0 Å². The largest absolute Gasteiger partial charge is 0.232 e. The lowest BCUT2D eigenvalue weighted by atomic mass is 9.96. The van der Waals surface area contributed by atoms with E-state index in [2.05, 4.69) is 31.0 Å². The average molecular weight is 353 g/mol. The number of nitrogens with zero attached hydrogens (tertiary/aromatic N) is 2. The fraction of sp³-hybridized carbons (Fsp3) is 0.273. The molecule has 3 heteroatoms. The summed E-state index contributed by atoms with van der Waals surface area (Å²) < 4.78 is 0. The normalized spacial score (nSPS) is 11.4. The highest BCUT2D eigenvalue weighted by Crippen LogP contribution is 2.35. The van der Waals surface area contributed by atoms with Crippen molar-refractivity contribution >= 4 is 11.6 Å². The van der Waals surface area contributed by atoms with E-state index in [0.29, 0.717) is 16.9 Å². The van der Waals surface area contributed by atoms with Gasteiger partial charge in [-0.3, -0.25) is 0 Å². The lowest BCUT2D eigenvalue weighted by Crippen LogP contribution is -2.04. The Bertz CT molecular complexity index is 786. The lowest BCUT2D eigenvalue weighted by Gasteiger charge is -2.17. The maximum Gasteiger partial charge on any atom is 0.161 e. The fourth-order valence-corrected chi connectivity index (χ4v) is 2.87. The molecule has 1 heterocycles. The SMILES string of the molecule is CC.CCC(C)c1nc(-c2ccccc2)nc(Cl)c1-c1ccccc1. The Morgan fingerprint density at radius 3 is 1.88 bits per heavy atom. The first-order valence-electron chi connectivity index (χ1n) is 8.89. The van der Waals surface area contributed by atoms with Crippen LogP contribution in [0.5, 0.6) is 0 Å². The summed E-state index contributed by atoms with van der Waals surface area (Å²) in [7, 11) is 0. The van der Waals surface area contributed by atoms with Gasteiger partial charge < -0.3 is 0 Å². The zero-order valence-electron chi connectivity index (χ0n) is 15.3. The third-order valence-electron chi connectivity index (χ3n) is 4.07. The van der Waals surface area contributed by atoms with Gasteiger partial charge in [-0.05, 0) is 17.9 Å². The van der Waals surface area contributed by atoms with E-state index in [0.717, 1.165) is 28.8 Å². The van der Waals surface area contributed by atoms with Crippen LogP contribution in [0.4, 0.5) is 0 Å². The highest BCUT2D eigenvalue weighted by molar-refractivity contribution is 6.32. The van der Waals surface area contributed by atoms with Crippen molar-refractivity contribution in [3.8, 4) is 22.5 Å². The maximum atomic E-state index is 6.57. The van der Waals surface area contributed by atoms with E-state index in [1.165, 1.54) is 0 Å². The van der Waals surface area contributed by atoms with Crippen molar-refractivity contribution in [1.82, 2.24) is 9.97 Å². The summed E-state index contributed by atoms with van der Waals surface area (Å²) in [5.74, 6) is 0.999. The fourth-order valence-electron chi connectivity index (χ4n) is 2.59. The predicted octanol–water partition coefficient (Wildman–Crippen LogP) is 7.00. The van der Waals surface area contributed by atoms with Gasteiger partial charge in [0, 0.05) is 11.1 Å². The smallest absolute Gasteiger partial charge is 0.161 e. The van der Waals surface area contributed by atoms with Crippen LogP contribution in [0.1, 0.15) is 45.7 Å². The van der Waals surface area contributed by atoms with Crippen LogP contribution >= 0.6 is 11.6 Å². The number of hydrogen-bond donors (Lipinski definition) is 0. The first-order valence-corrected chi connectivity index (χ1v) is 9.26. The molecule has 2 nitrogen and oxygen atoms in total. The second-order valence-electron chi connectivity index (χ2n) is 5.64. The quantitative estimate of drug-likeness (QED) is 0.472. The van der Waals surface area contributed by atoms with Gasteiger partial charge in [0.1, 0.15) is 5.15 Å². The molecule has 0 aliphatic heterocycles. The van der Waals surface area contributed by atoms with Crippen LogP contribution in [0.25, 0.3) is 22.5 Å². The summed E-state index contributed by atoms with van der Waals surface area (Å²) in [6.45, 7) is 8.34. The molecule has 3 rings (SSSR count). The van der Waals surface area contributed by atoms with E-state index in [4.69, 9.17) is 16.6 Å². The van der Waals surface area contributed by atoms with Gasteiger partial charge in [-0.15, -0.1) is 0 Å². The summed E-state index contributed by atoms with van der Waals surface area (Å²) in [6, 6.07) is 20.1. The zero-order chi connectivity index (χ0) is 18.2. The Balaban J connectivity index is 0.00000109. The Labute approximate surface area is 155 Å². The second-order valence-corrected chi connectivity index (χ2v) is 6.00. The number of benzene rings is 2. The van der Waals surface area contributed by atoms with E-state index >= 15 is 0 Å². The monoisotopic (exact) mass is 352 g/mol. The molecular formula is C22H25ClN2. The van der Waals surface area contributed by atoms with Crippen molar-refractivity contribution in [3.05, 3.63) is 71.5 Å². The van der Waals surface area contributed by atoms with Gasteiger partial charge in [0.25, 0.3) is 0 Å². The topological polar surface area (TPSA) is 25.8 Å². The molecule has 2 aromatic carbocycles. The van der Waals surface area contributed by atoms with Crippen molar-refractivity contribution in [2.24, 2.45) is 0 Å². The van der Waals surface area contributed by atoms with Gasteiger partial charge in [0.05, 0.1) is 5.69 Å². The minimum absolute atomic E-state index is 0.313. The van der Waals surface area contributed by atoms with Crippen LogP contribution in [0.15, 0.2) is 60.7 Å². The van der Waals surface area contributed by atoms with E-state index in [1.807, 2.05) is 62.4 Å². The van der Waals surface area contributed by atoms with Crippen LogP contribution < -0.4 is 0 Å². The minimum atomic E-state index is 0.313. The molecule has 1 aromatic heterocycles. The molecule has 0 aliphatic carbocycles. The molecule has 1 unspecified atom stereocenters. The predicted molar refractivity (Wildman–Crippen MR) is 108 cm³/mol. The molecule has 0 bridgehead atoms. The highest BCUT2D eigenvalue weighted by atomic mass is 35.5. The third-order valence-corrected chi connectivity index (χ3v) is 4.34. The lowest BCUT2D eigenvalue weighted by molar-refractivity contribution is 0.708. The van der Waals surface area contributed by atoms with Gasteiger partial charge in [-0.1, -0.05) is 100.0 Å². The summed E-state index contributed by atoms with van der Waals surface area (Å²) >= 11 is 6.57. The van der Waals surface area contributed by atoms with Crippen molar-refractivity contribution in [2.75, 3.05) is 0 Å². The minimum Gasteiger partial charge on any atom is -0.232 e. The Morgan fingerprint density at radius 2 is 1.36 bits per heavy atom. The van der Waals surface area contributed by atoms with Crippen LogP contribution in [-0.4, -0.2) is 9.97 Å². The zero-order valence-corrected chi connectivity index (χ0v) is 16.1. The molecule has 0 amide bonds. The molecule has 130 valence electrons. The molecule has 0 spiro atoms. The number of rotatable bonds is 4. The summed E-state index contributed by atoms with van der Waals surface area (Å²) in [5, 5.41) is 0.514. The van der Waals surface area contributed by atoms with E-state index < -0.39 is 0 Å². The molecule has 25 heavy (non-hydrogen) atoms. The van der Waals surface area contributed by atoms with Gasteiger partial charge >= 0.3 is 0 Å². The van der Waals surface area contributed by atoms with E-state index in [1.54, 1.807) is 0 Å². The molecule has 0 saturated heterocycles. The first-order chi connectivity index (χ1) is 12.2. The van der Waals surface area contributed by atoms with Crippen LogP contribution in [0.2, 0.25) is 5.15 Å². The molecule has 0 aliphatic rings. The molecule has 3 aromatic rings. The molecule has 1 atom stereocenters. The molecule has 0 fully saturated rings. The Morgan fingerprint density at radius 1 is 0.840 bits per heavy atom. The molecule has 0 saturated carbocycles. The maximum absolute atomic E-state index is 6.57. The highest BCUT2D eigenvalue weighted by Gasteiger charge is 2.19. The third kappa shape index (κ3) is 4.46. The summed E-state index contributed by atoms with van der Waals surface area (Å²) in [6.07, 6.45) is 1.00.